The van der Waals surface area contributed by atoms with Crippen molar-refractivity contribution >= 4 is 17.8 Å². The Labute approximate surface area is 172 Å². The van der Waals surface area contributed by atoms with E-state index in [0.29, 0.717) is 5.75 Å². The van der Waals surface area contributed by atoms with Gasteiger partial charge in [-0.25, -0.2) is 0 Å². The number of carbonyl (C=O) groups is 1. The quantitative estimate of drug-likeness (QED) is 0.769. The molecule has 29 heavy (non-hydrogen) atoms. The smallest absolute Gasteiger partial charge is 0.254 e. The van der Waals surface area contributed by atoms with E-state index < -0.39 is 0 Å². The molecule has 2 aliphatic heterocycles. The molecule has 2 aromatic carbocycles. The number of aryl methyl sites for hydroxylation is 1. The zero-order chi connectivity index (χ0) is 20.6. The Hall–Kier alpha value is -2.62. The van der Waals surface area contributed by atoms with Crippen LogP contribution in [0.4, 0.5) is 5.69 Å². The van der Waals surface area contributed by atoms with Gasteiger partial charge in [-0.05, 0) is 71.7 Å². The molecule has 1 saturated heterocycles. The topological polar surface area (TPSA) is 52.9 Å². The van der Waals surface area contributed by atoms with Crippen molar-refractivity contribution in [3.63, 3.8) is 0 Å². The van der Waals surface area contributed by atoms with Crippen LogP contribution in [0.25, 0.3) is 0 Å². The molecule has 150 valence electrons. The number of hydrogen-bond acceptors (Lipinski definition) is 3. The second-order valence-electron chi connectivity index (χ2n) is 9.68. The molecule has 1 aliphatic carbocycles. The van der Waals surface area contributed by atoms with Gasteiger partial charge in [0.25, 0.3) is 5.91 Å². The van der Waals surface area contributed by atoms with Gasteiger partial charge in [0.15, 0.2) is 0 Å². The van der Waals surface area contributed by atoms with Crippen molar-refractivity contribution in [1.29, 1.82) is 0 Å². The molecular weight excluding hydrogens is 360 g/mol. The summed E-state index contributed by atoms with van der Waals surface area (Å²) in [6, 6.07) is 10.1. The summed E-state index contributed by atoms with van der Waals surface area (Å²) in [6.07, 6.45) is 4.41. The first kappa shape index (κ1) is 18.4. The first-order chi connectivity index (χ1) is 13.7. The third kappa shape index (κ3) is 2.44. The van der Waals surface area contributed by atoms with Crippen LogP contribution in [0.15, 0.2) is 35.3 Å². The summed E-state index contributed by atoms with van der Waals surface area (Å²) in [5.41, 5.74) is 6.24. The second kappa shape index (κ2) is 5.94. The number of benzene rings is 2. The van der Waals surface area contributed by atoms with Gasteiger partial charge in [-0.2, -0.15) is 0 Å². The van der Waals surface area contributed by atoms with Crippen molar-refractivity contribution in [2.75, 3.05) is 6.54 Å². The van der Waals surface area contributed by atoms with Gasteiger partial charge < -0.3 is 10.0 Å². The molecule has 2 atom stereocenters. The molecule has 0 radical (unpaired) electrons. The van der Waals surface area contributed by atoms with Crippen molar-refractivity contribution in [2.24, 2.45) is 10.4 Å². The monoisotopic (exact) mass is 388 g/mol. The van der Waals surface area contributed by atoms with Crippen molar-refractivity contribution in [3.8, 4) is 5.75 Å². The van der Waals surface area contributed by atoms with Crippen molar-refractivity contribution in [2.45, 2.75) is 58.4 Å². The molecule has 0 aromatic heterocycles. The summed E-state index contributed by atoms with van der Waals surface area (Å²) >= 11 is 0. The van der Waals surface area contributed by atoms with E-state index in [2.05, 4.69) is 36.7 Å². The zero-order valence-corrected chi connectivity index (χ0v) is 17.6. The fourth-order valence-electron chi connectivity index (χ4n) is 5.72. The average molecular weight is 389 g/mol. The van der Waals surface area contributed by atoms with E-state index in [1.165, 1.54) is 11.1 Å². The number of nitrogens with zero attached hydrogens (tertiary/aromatic N) is 2. The third-order valence-corrected chi connectivity index (χ3v) is 8.04. The molecule has 2 bridgehead atoms. The summed E-state index contributed by atoms with van der Waals surface area (Å²) in [7, 11) is 0. The summed E-state index contributed by atoms with van der Waals surface area (Å²) in [5.74, 6) is 0.459. The number of piperidine rings is 1. The molecular formula is C25H28N2O2. The number of aliphatic imine (C=N–C) groups is 1. The van der Waals surface area contributed by atoms with Gasteiger partial charge >= 0.3 is 0 Å². The van der Waals surface area contributed by atoms with Gasteiger partial charge in [-0.1, -0.05) is 26.8 Å². The van der Waals surface area contributed by atoms with Crippen LogP contribution in [0.1, 0.15) is 59.8 Å². The van der Waals surface area contributed by atoms with Crippen molar-refractivity contribution in [1.82, 2.24) is 4.90 Å². The van der Waals surface area contributed by atoms with Crippen LogP contribution in [0.5, 0.6) is 5.75 Å². The number of rotatable bonds is 1. The van der Waals surface area contributed by atoms with Crippen LogP contribution in [0, 0.1) is 12.3 Å². The highest BCUT2D eigenvalue weighted by Crippen LogP contribution is 2.56. The molecule has 3 aliphatic rings. The summed E-state index contributed by atoms with van der Waals surface area (Å²) < 4.78 is 0. The molecule has 0 unspecified atom stereocenters. The molecule has 1 N–H and O–H groups in total. The number of likely N-dealkylation sites (tertiary alicyclic amines) is 1. The van der Waals surface area contributed by atoms with Crippen molar-refractivity contribution < 1.29 is 9.90 Å². The van der Waals surface area contributed by atoms with E-state index in [1.54, 1.807) is 0 Å². The number of carbonyl (C=O) groups excluding carboxylic acids is 1. The third-order valence-electron chi connectivity index (χ3n) is 8.04. The van der Waals surface area contributed by atoms with Crippen LogP contribution in [0.3, 0.4) is 0 Å². The number of fused-ring (bicyclic) bond motifs is 5. The molecule has 1 fully saturated rings. The first-order valence-electron chi connectivity index (χ1n) is 10.5. The van der Waals surface area contributed by atoms with Crippen LogP contribution in [0.2, 0.25) is 0 Å². The van der Waals surface area contributed by atoms with Gasteiger partial charge in [-0.15, -0.1) is 0 Å². The average Bonchev–Trinajstić information content (AvgIpc) is 3.14. The van der Waals surface area contributed by atoms with Crippen LogP contribution >= 0.6 is 0 Å². The lowest BCUT2D eigenvalue weighted by molar-refractivity contribution is -0.0262. The lowest BCUT2D eigenvalue weighted by Gasteiger charge is -2.61. The molecule has 4 heteroatoms. The number of amides is 1. The first-order valence-corrected chi connectivity index (χ1v) is 10.5. The standard InChI is InChI=1S/C25H28N2O2/c1-15-11-19-18(13-21(15)28)14-22-24(2,3)25(19,4)8-10-27(22)23(29)17-5-6-20-16(12-17)7-9-26-20/h5-6,9,11-13,22,28H,7-8,10,14H2,1-4H3/t22-,25+/m1/s1. The zero-order valence-electron chi connectivity index (χ0n) is 17.6. The van der Waals surface area contributed by atoms with E-state index in [-0.39, 0.29) is 22.8 Å². The SMILES string of the molecule is Cc1cc2c(cc1O)C[C@H]1N(C(=O)c3ccc4c(c3)CC=N4)CC[C@]2(C)C1(C)C. The Morgan fingerprint density at radius 3 is 2.76 bits per heavy atom. The molecule has 0 spiro atoms. The summed E-state index contributed by atoms with van der Waals surface area (Å²) in [5, 5.41) is 10.3. The summed E-state index contributed by atoms with van der Waals surface area (Å²) in [6.45, 7) is 9.67. The molecule has 0 saturated carbocycles. The van der Waals surface area contributed by atoms with E-state index in [1.807, 2.05) is 37.4 Å². The Morgan fingerprint density at radius 1 is 1.17 bits per heavy atom. The number of aromatic hydroxyl groups is 1. The minimum absolute atomic E-state index is 0.0216. The Kier molecular flexibility index (Phi) is 3.77. The normalized spacial score (nSPS) is 26.2. The van der Waals surface area contributed by atoms with E-state index >= 15 is 0 Å². The number of hydrogen-bond donors (Lipinski definition) is 1. The van der Waals surface area contributed by atoms with Crippen LogP contribution in [-0.2, 0) is 18.3 Å². The second-order valence-corrected chi connectivity index (χ2v) is 9.68. The minimum atomic E-state index is -0.0584. The predicted molar refractivity (Wildman–Crippen MR) is 115 cm³/mol. The van der Waals surface area contributed by atoms with Gasteiger partial charge in [-0.3, -0.25) is 9.79 Å². The molecule has 2 heterocycles. The molecule has 4 nitrogen and oxygen atoms in total. The van der Waals surface area contributed by atoms with Crippen LogP contribution in [-0.4, -0.2) is 34.7 Å². The maximum absolute atomic E-state index is 13.6. The predicted octanol–water partition coefficient (Wildman–Crippen LogP) is 4.71. The highest BCUT2D eigenvalue weighted by Gasteiger charge is 2.57. The lowest BCUT2D eigenvalue weighted by Crippen LogP contribution is -2.64. The van der Waals surface area contributed by atoms with Gasteiger partial charge in [0.1, 0.15) is 5.75 Å². The highest BCUT2D eigenvalue weighted by atomic mass is 16.3. The minimum Gasteiger partial charge on any atom is -0.508 e. The number of phenols is 1. The fourth-order valence-corrected chi connectivity index (χ4v) is 5.72. The van der Waals surface area contributed by atoms with Crippen molar-refractivity contribution in [3.05, 3.63) is 58.1 Å². The fraction of sp³-hybridized carbons (Fsp3) is 0.440. The van der Waals surface area contributed by atoms with Gasteiger partial charge in [0.2, 0.25) is 0 Å². The van der Waals surface area contributed by atoms with Crippen LogP contribution < -0.4 is 0 Å². The van der Waals surface area contributed by atoms with Gasteiger partial charge in [0.05, 0.1) is 5.69 Å². The number of phenolic OH excluding ortho intramolecular Hbond substituents is 1. The lowest BCUT2D eigenvalue weighted by atomic mass is 9.51. The Balaban J connectivity index is 1.55. The van der Waals surface area contributed by atoms with Gasteiger partial charge in [0, 0.05) is 36.2 Å². The maximum atomic E-state index is 13.6. The largest absolute Gasteiger partial charge is 0.508 e. The molecule has 5 rings (SSSR count). The molecule has 2 aromatic rings. The highest BCUT2D eigenvalue weighted by molar-refractivity contribution is 5.96. The summed E-state index contributed by atoms with van der Waals surface area (Å²) in [4.78, 5) is 20.0. The Morgan fingerprint density at radius 2 is 1.97 bits per heavy atom. The van der Waals surface area contributed by atoms with E-state index in [0.717, 1.165) is 48.2 Å². The van der Waals surface area contributed by atoms with E-state index in [4.69, 9.17) is 0 Å². The van der Waals surface area contributed by atoms with E-state index in [9.17, 15) is 9.90 Å². The maximum Gasteiger partial charge on any atom is 0.254 e. The Bertz CT molecular complexity index is 1070. The molecule has 1 amide bonds.